The van der Waals surface area contributed by atoms with Crippen molar-refractivity contribution in [2.24, 2.45) is 17.8 Å². The zero-order valence-electron chi connectivity index (χ0n) is 17.1. The van der Waals surface area contributed by atoms with Gasteiger partial charge < -0.3 is 19.3 Å². The van der Waals surface area contributed by atoms with Crippen LogP contribution in [0.3, 0.4) is 0 Å². The quantitative estimate of drug-likeness (QED) is 0.759. The fourth-order valence-electron chi connectivity index (χ4n) is 5.75. The van der Waals surface area contributed by atoms with E-state index in [4.69, 9.17) is 9.47 Å². The number of fused-ring (bicyclic) bond motifs is 2. The fraction of sp³-hybridized carbons (Fsp3) is 0.636. The standard InChI is InChI=1S/C22H29N3O4/c1-23-10-17-7-19(22(27)24-8-15-12-29-13-16(15)9-24)21(25(17)20(26)11-23)14-3-5-18(28-2)6-4-14/h3-6,15-17,19,21H,7-13H2,1-2H3/t15-,16+,17-,19-,21-/m1/s1. The summed E-state index contributed by atoms with van der Waals surface area (Å²) in [6, 6.07) is 7.74. The highest BCUT2D eigenvalue weighted by molar-refractivity contribution is 5.85. The molecule has 5 rings (SSSR count). The molecule has 4 aliphatic heterocycles. The van der Waals surface area contributed by atoms with Gasteiger partial charge in [0.2, 0.25) is 11.8 Å². The summed E-state index contributed by atoms with van der Waals surface area (Å²) in [6.07, 6.45) is 0.730. The van der Waals surface area contributed by atoms with Crippen LogP contribution in [0.25, 0.3) is 0 Å². The van der Waals surface area contributed by atoms with E-state index in [-0.39, 0.29) is 29.8 Å². The molecule has 0 radical (unpaired) electrons. The second kappa shape index (κ2) is 7.29. The normalized spacial score (nSPS) is 34.4. The van der Waals surface area contributed by atoms with E-state index < -0.39 is 0 Å². The Morgan fingerprint density at radius 3 is 2.45 bits per heavy atom. The van der Waals surface area contributed by atoms with Crippen LogP contribution in [-0.2, 0) is 14.3 Å². The average Bonchev–Trinajstić information content (AvgIpc) is 3.40. The van der Waals surface area contributed by atoms with Crippen molar-refractivity contribution < 1.29 is 19.1 Å². The van der Waals surface area contributed by atoms with Crippen LogP contribution in [0.5, 0.6) is 5.75 Å². The molecule has 7 nitrogen and oxygen atoms in total. The molecule has 0 saturated carbocycles. The summed E-state index contributed by atoms with van der Waals surface area (Å²) in [7, 11) is 3.62. The Hall–Kier alpha value is -2.12. The second-order valence-corrected chi connectivity index (χ2v) is 9.01. The average molecular weight is 399 g/mol. The second-order valence-electron chi connectivity index (χ2n) is 9.01. The van der Waals surface area contributed by atoms with Crippen molar-refractivity contribution in [3.05, 3.63) is 29.8 Å². The molecule has 29 heavy (non-hydrogen) atoms. The lowest BCUT2D eigenvalue weighted by Gasteiger charge is -2.39. The van der Waals surface area contributed by atoms with E-state index >= 15 is 0 Å². The van der Waals surface area contributed by atoms with Crippen LogP contribution in [0.1, 0.15) is 18.0 Å². The zero-order valence-corrected chi connectivity index (χ0v) is 17.1. The summed E-state index contributed by atoms with van der Waals surface area (Å²) in [5.41, 5.74) is 1.02. The van der Waals surface area contributed by atoms with E-state index in [1.54, 1.807) is 7.11 Å². The Kier molecular flexibility index (Phi) is 4.75. The van der Waals surface area contributed by atoms with Crippen LogP contribution in [0.15, 0.2) is 24.3 Å². The predicted molar refractivity (Wildman–Crippen MR) is 106 cm³/mol. The third-order valence-electron chi connectivity index (χ3n) is 7.14. The number of ether oxygens (including phenoxy) is 2. The molecule has 0 aromatic heterocycles. The molecule has 1 aromatic rings. The van der Waals surface area contributed by atoms with Gasteiger partial charge in [-0.25, -0.2) is 0 Å². The number of nitrogens with zero attached hydrogens (tertiary/aromatic N) is 3. The molecule has 0 unspecified atom stereocenters. The van der Waals surface area contributed by atoms with E-state index in [1.165, 1.54) is 0 Å². The minimum absolute atomic E-state index is 0.0905. The number of carbonyl (C=O) groups is 2. The molecular weight excluding hydrogens is 370 g/mol. The fourth-order valence-corrected chi connectivity index (χ4v) is 5.75. The van der Waals surface area contributed by atoms with Gasteiger partial charge in [0.05, 0.1) is 38.8 Å². The first-order valence-electron chi connectivity index (χ1n) is 10.6. The lowest BCUT2D eigenvalue weighted by atomic mass is 9.91. The Bertz CT molecular complexity index is 786. The molecular formula is C22H29N3O4. The molecule has 4 saturated heterocycles. The van der Waals surface area contributed by atoms with Gasteiger partial charge in [0, 0.05) is 37.5 Å². The third-order valence-corrected chi connectivity index (χ3v) is 7.14. The van der Waals surface area contributed by atoms with Crippen LogP contribution in [0.4, 0.5) is 0 Å². The number of hydrogen-bond donors (Lipinski definition) is 0. The van der Waals surface area contributed by atoms with Crippen LogP contribution in [0, 0.1) is 17.8 Å². The SMILES string of the molecule is COc1ccc([C@@H]2[C@H](C(=O)N3C[C@H]4COC[C@H]4C3)C[C@@H]3CN(C)CC(=O)N32)cc1. The molecule has 7 heteroatoms. The Morgan fingerprint density at radius 1 is 1.10 bits per heavy atom. The van der Waals surface area contributed by atoms with Crippen molar-refractivity contribution in [3.63, 3.8) is 0 Å². The number of benzene rings is 1. The van der Waals surface area contributed by atoms with Gasteiger partial charge in [0.25, 0.3) is 0 Å². The van der Waals surface area contributed by atoms with Gasteiger partial charge in [-0.15, -0.1) is 0 Å². The number of hydrogen-bond acceptors (Lipinski definition) is 5. The Balaban J connectivity index is 1.45. The van der Waals surface area contributed by atoms with Crippen LogP contribution in [0.2, 0.25) is 0 Å². The molecule has 156 valence electrons. The van der Waals surface area contributed by atoms with Gasteiger partial charge >= 0.3 is 0 Å². The highest BCUT2D eigenvalue weighted by Gasteiger charge is 2.52. The van der Waals surface area contributed by atoms with Crippen molar-refractivity contribution in [1.29, 1.82) is 0 Å². The van der Waals surface area contributed by atoms with Gasteiger partial charge in [-0.2, -0.15) is 0 Å². The summed E-state index contributed by atoms with van der Waals surface area (Å²) >= 11 is 0. The first-order valence-corrected chi connectivity index (χ1v) is 10.6. The molecule has 0 bridgehead atoms. The van der Waals surface area contributed by atoms with E-state index in [1.807, 2.05) is 41.1 Å². The topological polar surface area (TPSA) is 62.3 Å². The van der Waals surface area contributed by atoms with E-state index in [2.05, 4.69) is 4.90 Å². The van der Waals surface area contributed by atoms with Gasteiger partial charge in [-0.3, -0.25) is 14.5 Å². The van der Waals surface area contributed by atoms with Crippen molar-refractivity contribution in [3.8, 4) is 5.75 Å². The van der Waals surface area contributed by atoms with E-state index in [9.17, 15) is 9.59 Å². The van der Waals surface area contributed by atoms with Gasteiger partial charge in [0.15, 0.2) is 0 Å². The number of methoxy groups -OCH3 is 1. The summed E-state index contributed by atoms with van der Waals surface area (Å²) in [5.74, 6) is 1.84. The number of likely N-dealkylation sites (tertiary alicyclic amines) is 1. The smallest absolute Gasteiger partial charge is 0.237 e. The van der Waals surface area contributed by atoms with E-state index in [0.29, 0.717) is 18.4 Å². The Labute approximate surface area is 171 Å². The van der Waals surface area contributed by atoms with Crippen LogP contribution >= 0.6 is 0 Å². The summed E-state index contributed by atoms with van der Waals surface area (Å²) < 4.78 is 10.9. The van der Waals surface area contributed by atoms with Gasteiger partial charge in [0.1, 0.15) is 5.75 Å². The maximum Gasteiger partial charge on any atom is 0.237 e. The summed E-state index contributed by atoms with van der Waals surface area (Å²) in [6.45, 7) is 4.33. The number of likely N-dealkylation sites (N-methyl/N-ethyl adjacent to an activating group) is 1. The van der Waals surface area contributed by atoms with Crippen molar-refractivity contribution in [2.45, 2.75) is 18.5 Å². The number of carbonyl (C=O) groups excluding carboxylic acids is 2. The number of amides is 2. The molecule has 1 aromatic carbocycles. The maximum absolute atomic E-state index is 13.6. The predicted octanol–water partition coefficient (Wildman–Crippen LogP) is 1.00. The highest BCUT2D eigenvalue weighted by Crippen LogP contribution is 2.45. The first kappa shape index (κ1) is 18.9. The Morgan fingerprint density at radius 2 is 1.79 bits per heavy atom. The number of piperazine rings is 1. The maximum atomic E-state index is 13.6. The lowest BCUT2D eigenvalue weighted by Crippen LogP contribution is -2.53. The number of rotatable bonds is 3. The minimum Gasteiger partial charge on any atom is -0.497 e. The third kappa shape index (κ3) is 3.20. The monoisotopic (exact) mass is 399 g/mol. The molecule has 0 spiro atoms. The molecule has 4 heterocycles. The van der Waals surface area contributed by atoms with Crippen LogP contribution < -0.4 is 4.74 Å². The van der Waals surface area contributed by atoms with Crippen molar-refractivity contribution in [2.75, 3.05) is 53.6 Å². The lowest BCUT2D eigenvalue weighted by molar-refractivity contribution is -0.141. The zero-order chi connectivity index (χ0) is 20.1. The minimum atomic E-state index is -0.198. The highest BCUT2D eigenvalue weighted by atomic mass is 16.5. The van der Waals surface area contributed by atoms with Crippen molar-refractivity contribution >= 4 is 11.8 Å². The van der Waals surface area contributed by atoms with Crippen molar-refractivity contribution in [1.82, 2.24) is 14.7 Å². The summed E-state index contributed by atoms with van der Waals surface area (Å²) in [4.78, 5) is 32.7. The molecule has 0 N–H and O–H groups in total. The van der Waals surface area contributed by atoms with Gasteiger partial charge in [-0.1, -0.05) is 12.1 Å². The molecule has 2 amide bonds. The summed E-state index contributed by atoms with van der Waals surface area (Å²) in [5, 5.41) is 0. The molecule has 0 aliphatic carbocycles. The van der Waals surface area contributed by atoms with Gasteiger partial charge in [-0.05, 0) is 31.2 Å². The largest absolute Gasteiger partial charge is 0.497 e. The molecule has 4 fully saturated rings. The van der Waals surface area contributed by atoms with E-state index in [0.717, 1.165) is 50.6 Å². The molecule has 5 atom stereocenters. The van der Waals surface area contributed by atoms with Crippen LogP contribution in [-0.4, -0.2) is 86.1 Å². The molecule has 4 aliphatic rings. The first-order chi connectivity index (χ1) is 14.0.